The van der Waals surface area contributed by atoms with Gasteiger partial charge in [-0.2, -0.15) is 26.9 Å². The molecule has 0 aliphatic carbocycles. The van der Waals surface area contributed by atoms with Crippen LogP contribution in [0.25, 0.3) is 0 Å². The number of ether oxygens (including phenoxy) is 3. The van der Waals surface area contributed by atoms with Gasteiger partial charge in [-0.3, -0.25) is 0 Å². The van der Waals surface area contributed by atoms with E-state index in [1.165, 1.54) is 18.2 Å². The Kier molecular flexibility index (Phi) is 10.5. The lowest BCUT2D eigenvalue weighted by Gasteiger charge is -2.26. The SMILES string of the molecule is FCOC(CCN(C(F)F)C(F)(F)F)COc1ccccc1CCc1cccc(OC(F)(F)F)c1. The van der Waals surface area contributed by atoms with Gasteiger partial charge in [-0.1, -0.05) is 30.3 Å². The van der Waals surface area contributed by atoms with Gasteiger partial charge in [0.1, 0.15) is 18.1 Å². The van der Waals surface area contributed by atoms with Gasteiger partial charge in [0.2, 0.25) is 0 Å². The number of hydrogen-bond donors (Lipinski definition) is 0. The second kappa shape index (κ2) is 12.9. The van der Waals surface area contributed by atoms with E-state index in [-0.39, 0.29) is 11.5 Å². The molecule has 0 N–H and O–H groups in total. The van der Waals surface area contributed by atoms with Crippen LogP contribution < -0.4 is 9.47 Å². The second-order valence-corrected chi connectivity index (χ2v) is 7.24. The van der Waals surface area contributed by atoms with Crippen molar-refractivity contribution in [1.82, 2.24) is 4.90 Å². The third-order valence-corrected chi connectivity index (χ3v) is 4.76. The predicted octanol–water partition coefficient (Wildman–Crippen LogP) is 6.50. The van der Waals surface area contributed by atoms with Gasteiger partial charge >= 0.3 is 19.2 Å². The van der Waals surface area contributed by atoms with Gasteiger partial charge in [0.15, 0.2) is 6.86 Å². The molecule has 0 spiro atoms. The maximum absolute atomic E-state index is 12.7. The van der Waals surface area contributed by atoms with Crippen molar-refractivity contribution in [3.63, 3.8) is 0 Å². The summed E-state index contributed by atoms with van der Waals surface area (Å²) in [7, 11) is 0. The van der Waals surface area contributed by atoms with E-state index < -0.39 is 56.6 Å². The molecule has 196 valence electrons. The summed E-state index contributed by atoms with van der Waals surface area (Å²) in [6, 6.07) is 11.9. The highest BCUT2D eigenvalue weighted by molar-refractivity contribution is 5.35. The van der Waals surface area contributed by atoms with Crippen LogP contribution in [0.1, 0.15) is 17.5 Å². The maximum atomic E-state index is 12.7. The molecule has 13 heteroatoms. The number of para-hydroxylation sites is 1. The summed E-state index contributed by atoms with van der Waals surface area (Å²) in [6.07, 6.45) is -11.3. The molecule has 4 nitrogen and oxygen atoms in total. The molecule has 0 bridgehead atoms. The van der Waals surface area contributed by atoms with E-state index in [2.05, 4.69) is 4.74 Å². The van der Waals surface area contributed by atoms with E-state index in [1.54, 1.807) is 24.3 Å². The van der Waals surface area contributed by atoms with E-state index in [0.717, 1.165) is 6.07 Å². The van der Waals surface area contributed by atoms with Crippen molar-refractivity contribution in [2.75, 3.05) is 20.0 Å². The summed E-state index contributed by atoms with van der Waals surface area (Å²) in [6.45, 7) is -6.69. The van der Waals surface area contributed by atoms with Gasteiger partial charge in [0.25, 0.3) is 0 Å². The van der Waals surface area contributed by atoms with Crippen molar-refractivity contribution >= 4 is 0 Å². The molecule has 0 fully saturated rings. The van der Waals surface area contributed by atoms with E-state index in [0.29, 0.717) is 24.0 Å². The predicted molar refractivity (Wildman–Crippen MR) is 107 cm³/mol. The molecular weight excluding hydrogens is 497 g/mol. The Morgan fingerprint density at radius 1 is 0.886 bits per heavy atom. The third-order valence-electron chi connectivity index (χ3n) is 4.76. The molecule has 2 aromatic rings. The van der Waals surface area contributed by atoms with Crippen molar-refractivity contribution in [1.29, 1.82) is 0 Å². The minimum atomic E-state index is -5.27. The summed E-state index contributed by atoms with van der Waals surface area (Å²) < 4.78 is 127. The van der Waals surface area contributed by atoms with Crippen LogP contribution in [0.4, 0.5) is 39.5 Å². The fourth-order valence-electron chi connectivity index (χ4n) is 3.13. The fourth-order valence-corrected chi connectivity index (χ4v) is 3.13. The maximum Gasteiger partial charge on any atom is 0.573 e. The summed E-state index contributed by atoms with van der Waals surface area (Å²) >= 11 is 0. The average molecular weight is 519 g/mol. The molecule has 1 atom stereocenters. The lowest BCUT2D eigenvalue weighted by Crippen LogP contribution is -2.43. The van der Waals surface area contributed by atoms with Crippen molar-refractivity contribution in [3.8, 4) is 11.5 Å². The topological polar surface area (TPSA) is 30.9 Å². The molecule has 0 saturated heterocycles. The zero-order valence-corrected chi connectivity index (χ0v) is 18.1. The van der Waals surface area contributed by atoms with Gasteiger partial charge in [-0.05, 0) is 48.6 Å². The first-order chi connectivity index (χ1) is 16.4. The Morgan fingerprint density at radius 3 is 2.23 bits per heavy atom. The van der Waals surface area contributed by atoms with Gasteiger partial charge in [-0.25, -0.2) is 4.39 Å². The molecule has 1 unspecified atom stereocenters. The summed E-state index contributed by atoms with van der Waals surface area (Å²) in [5.74, 6) is -0.0911. The molecule has 0 aromatic heterocycles. The zero-order chi connectivity index (χ0) is 26.1. The number of alkyl halides is 9. The summed E-state index contributed by atoms with van der Waals surface area (Å²) in [4.78, 5) is -0.994. The first-order valence-corrected chi connectivity index (χ1v) is 10.2. The van der Waals surface area contributed by atoms with Crippen LogP contribution in [0.15, 0.2) is 48.5 Å². The smallest absolute Gasteiger partial charge is 0.491 e. The summed E-state index contributed by atoms with van der Waals surface area (Å²) in [5.41, 5.74) is 1.15. The first kappa shape index (κ1) is 28.6. The Morgan fingerprint density at radius 2 is 1.60 bits per heavy atom. The molecular formula is C22H22F9NO3. The Bertz CT molecular complexity index is 906. The van der Waals surface area contributed by atoms with Crippen LogP contribution in [0.5, 0.6) is 11.5 Å². The lowest BCUT2D eigenvalue weighted by molar-refractivity contribution is -0.294. The van der Waals surface area contributed by atoms with Crippen LogP contribution in [-0.4, -0.2) is 50.2 Å². The minimum Gasteiger partial charge on any atom is -0.491 e. The molecule has 2 aromatic carbocycles. The average Bonchev–Trinajstić information content (AvgIpc) is 2.74. The highest BCUT2D eigenvalue weighted by Crippen LogP contribution is 2.27. The van der Waals surface area contributed by atoms with Gasteiger partial charge < -0.3 is 14.2 Å². The Balaban J connectivity index is 2.00. The van der Waals surface area contributed by atoms with Gasteiger partial charge in [0.05, 0.1) is 6.10 Å². The highest BCUT2D eigenvalue weighted by atomic mass is 19.4. The molecule has 0 radical (unpaired) electrons. The minimum absolute atomic E-state index is 0.282. The van der Waals surface area contributed by atoms with E-state index in [4.69, 9.17) is 9.47 Å². The largest absolute Gasteiger partial charge is 0.573 e. The normalized spacial score (nSPS) is 13.3. The molecule has 0 amide bonds. The Hall–Kier alpha value is -2.67. The summed E-state index contributed by atoms with van der Waals surface area (Å²) in [5, 5.41) is 0. The van der Waals surface area contributed by atoms with Crippen LogP contribution in [-0.2, 0) is 17.6 Å². The molecule has 0 saturated carbocycles. The quantitative estimate of drug-likeness (QED) is 0.224. The lowest BCUT2D eigenvalue weighted by atomic mass is 10.0. The van der Waals surface area contributed by atoms with Gasteiger partial charge in [-0.15, -0.1) is 13.2 Å². The standard InChI is InChI=1S/C22H22F9NO3/c23-14-34-18(10-11-32(20(24)25)21(26,27)28)13-33-19-7-2-1-5-16(19)9-8-15-4-3-6-17(12-15)35-22(29,30)31/h1-7,12,18,20H,8-11,13-14H2. The molecule has 0 aliphatic heterocycles. The first-order valence-electron chi connectivity index (χ1n) is 10.2. The number of rotatable bonds is 13. The van der Waals surface area contributed by atoms with Crippen molar-refractivity contribution in [2.24, 2.45) is 0 Å². The van der Waals surface area contributed by atoms with Crippen LogP contribution in [0.2, 0.25) is 0 Å². The van der Waals surface area contributed by atoms with Crippen LogP contribution in [0, 0.1) is 0 Å². The molecule has 0 heterocycles. The third kappa shape index (κ3) is 10.2. The van der Waals surface area contributed by atoms with E-state index in [1.807, 2.05) is 0 Å². The molecule has 35 heavy (non-hydrogen) atoms. The van der Waals surface area contributed by atoms with E-state index in [9.17, 15) is 39.5 Å². The molecule has 0 aliphatic rings. The number of halogens is 9. The van der Waals surface area contributed by atoms with Crippen molar-refractivity contribution in [3.05, 3.63) is 59.7 Å². The van der Waals surface area contributed by atoms with Crippen LogP contribution in [0.3, 0.4) is 0 Å². The zero-order valence-electron chi connectivity index (χ0n) is 18.1. The second-order valence-electron chi connectivity index (χ2n) is 7.24. The fraction of sp³-hybridized carbons (Fsp3) is 0.455. The van der Waals surface area contributed by atoms with E-state index >= 15 is 0 Å². The number of hydrogen-bond acceptors (Lipinski definition) is 4. The number of aryl methyl sites for hydroxylation is 2. The van der Waals surface area contributed by atoms with Crippen LogP contribution >= 0.6 is 0 Å². The number of nitrogens with zero attached hydrogens (tertiary/aromatic N) is 1. The monoisotopic (exact) mass is 519 g/mol. The van der Waals surface area contributed by atoms with Gasteiger partial charge in [0, 0.05) is 6.54 Å². The number of benzene rings is 2. The highest BCUT2D eigenvalue weighted by Gasteiger charge is 2.42. The van der Waals surface area contributed by atoms with Crippen molar-refractivity contribution < 1.29 is 53.7 Å². The molecule has 2 rings (SSSR count). The van der Waals surface area contributed by atoms with Crippen molar-refractivity contribution in [2.45, 2.75) is 44.6 Å². The Labute approximate surface area is 195 Å².